The van der Waals surface area contributed by atoms with Crippen molar-refractivity contribution in [1.82, 2.24) is 9.97 Å². The molecule has 0 spiro atoms. The van der Waals surface area contributed by atoms with Gasteiger partial charge in [-0.2, -0.15) is 4.39 Å². The Morgan fingerprint density at radius 1 is 1.46 bits per heavy atom. The molecule has 1 N–H and O–H groups in total. The van der Waals surface area contributed by atoms with Gasteiger partial charge in [-0.15, -0.1) is 0 Å². The molecule has 0 aliphatic heterocycles. The summed E-state index contributed by atoms with van der Waals surface area (Å²) in [5, 5.41) is 2.94. The molecule has 13 heavy (non-hydrogen) atoms. The molecular weight excluding hydrogens is 169 g/mol. The van der Waals surface area contributed by atoms with Crippen molar-refractivity contribution in [3.05, 3.63) is 30.5 Å². The minimum Gasteiger partial charge on any atom is -0.366 e. The molecule has 1 aromatic rings. The SMILES string of the molecule is CC/C=C/CNc1cc(F)ncn1. The topological polar surface area (TPSA) is 37.8 Å². The number of nitrogens with zero attached hydrogens (tertiary/aromatic N) is 2. The van der Waals surface area contributed by atoms with Crippen LogP contribution >= 0.6 is 0 Å². The summed E-state index contributed by atoms with van der Waals surface area (Å²) in [6.07, 6.45) is 6.20. The van der Waals surface area contributed by atoms with E-state index in [1.54, 1.807) is 0 Å². The molecule has 0 unspecified atom stereocenters. The molecule has 0 amide bonds. The molecule has 0 fully saturated rings. The summed E-state index contributed by atoms with van der Waals surface area (Å²) in [6.45, 7) is 2.71. The van der Waals surface area contributed by atoms with Crippen LogP contribution < -0.4 is 5.32 Å². The molecule has 3 nitrogen and oxygen atoms in total. The minimum atomic E-state index is -0.517. The van der Waals surface area contributed by atoms with E-state index in [0.29, 0.717) is 12.4 Å². The Balaban J connectivity index is 2.41. The Morgan fingerprint density at radius 2 is 2.31 bits per heavy atom. The van der Waals surface area contributed by atoms with E-state index in [1.807, 2.05) is 12.2 Å². The maximum Gasteiger partial charge on any atom is 0.217 e. The predicted octanol–water partition coefficient (Wildman–Crippen LogP) is 1.99. The lowest BCUT2D eigenvalue weighted by Crippen LogP contribution is -2.01. The Kier molecular flexibility index (Phi) is 3.88. The van der Waals surface area contributed by atoms with E-state index in [1.165, 1.54) is 12.4 Å². The number of nitrogens with one attached hydrogen (secondary N) is 1. The van der Waals surface area contributed by atoms with Crippen LogP contribution in [0.25, 0.3) is 0 Å². The molecule has 1 heterocycles. The largest absolute Gasteiger partial charge is 0.366 e. The summed E-state index contributed by atoms with van der Waals surface area (Å²) in [7, 11) is 0. The third-order valence-electron chi connectivity index (χ3n) is 1.44. The number of halogens is 1. The quantitative estimate of drug-likeness (QED) is 0.570. The van der Waals surface area contributed by atoms with Crippen molar-refractivity contribution in [3.8, 4) is 0 Å². The van der Waals surface area contributed by atoms with Gasteiger partial charge in [0, 0.05) is 12.6 Å². The molecule has 0 aromatic carbocycles. The van der Waals surface area contributed by atoms with Crippen LogP contribution in [0.4, 0.5) is 10.2 Å². The number of rotatable bonds is 4. The normalized spacial score (nSPS) is 10.6. The van der Waals surface area contributed by atoms with Crippen LogP contribution in [-0.2, 0) is 0 Å². The van der Waals surface area contributed by atoms with Gasteiger partial charge < -0.3 is 5.32 Å². The number of hydrogen-bond acceptors (Lipinski definition) is 3. The van der Waals surface area contributed by atoms with E-state index in [2.05, 4.69) is 22.2 Å². The minimum absolute atomic E-state index is 0.508. The summed E-state index contributed by atoms with van der Waals surface area (Å²) >= 11 is 0. The fourth-order valence-electron chi connectivity index (χ4n) is 0.844. The van der Waals surface area contributed by atoms with Crippen molar-refractivity contribution < 1.29 is 4.39 Å². The first-order valence-corrected chi connectivity index (χ1v) is 4.19. The van der Waals surface area contributed by atoms with Gasteiger partial charge in [-0.05, 0) is 6.42 Å². The lowest BCUT2D eigenvalue weighted by Gasteiger charge is -2.00. The zero-order valence-corrected chi connectivity index (χ0v) is 7.50. The van der Waals surface area contributed by atoms with Crippen LogP contribution in [-0.4, -0.2) is 16.5 Å². The van der Waals surface area contributed by atoms with Crippen molar-refractivity contribution in [3.63, 3.8) is 0 Å². The van der Waals surface area contributed by atoms with E-state index in [0.717, 1.165) is 6.42 Å². The van der Waals surface area contributed by atoms with Crippen molar-refractivity contribution in [2.24, 2.45) is 0 Å². The molecule has 70 valence electrons. The molecule has 0 saturated carbocycles. The summed E-state index contributed by atoms with van der Waals surface area (Å²) in [6, 6.07) is 1.26. The van der Waals surface area contributed by atoms with Crippen molar-refractivity contribution >= 4 is 5.82 Å². The highest BCUT2D eigenvalue weighted by atomic mass is 19.1. The number of anilines is 1. The van der Waals surface area contributed by atoms with Gasteiger partial charge in [0.25, 0.3) is 0 Å². The molecule has 0 bridgehead atoms. The molecule has 0 aliphatic rings. The van der Waals surface area contributed by atoms with Gasteiger partial charge in [0.1, 0.15) is 12.1 Å². The molecule has 0 atom stereocenters. The van der Waals surface area contributed by atoms with E-state index in [-0.39, 0.29) is 0 Å². The van der Waals surface area contributed by atoms with Gasteiger partial charge in [0.2, 0.25) is 5.95 Å². The van der Waals surface area contributed by atoms with Gasteiger partial charge in [0.15, 0.2) is 0 Å². The van der Waals surface area contributed by atoms with Gasteiger partial charge in [-0.25, -0.2) is 9.97 Å². The van der Waals surface area contributed by atoms with Crippen molar-refractivity contribution in [2.75, 3.05) is 11.9 Å². The second-order valence-corrected chi connectivity index (χ2v) is 2.49. The lowest BCUT2D eigenvalue weighted by atomic mass is 10.4. The van der Waals surface area contributed by atoms with Crippen LogP contribution in [0.1, 0.15) is 13.3 Å². The summed E-state index contributed by atoms with van der Waals surface area (Å²) < 4.78 is 12.5. The third-order valence-corrected chi connectivity index (χ3v) is 1.44. The van der Waals surface area contributed by atoms with Crippen LogP contribution in [0.3, 0.4) is 0 Å². The Labute approximate surface area is 76.7 Å². The molecule has 4 heteroatoms. The van der Waals surface area contributed by atoms with Gasteiger partial charge in [0.05, 0.1) is 0 Å². The molecule has 0 radical (unpaired) electrons. The van der Waals surface area contributed by atoms with E-state index in [9.17, 15) is 4.39 Å². The second-order valence-electron chi connectivity index (χ2n) is 2.49. The highest BCUT2D eigenvalue weighted by Crippen LogP contribution is 2.01. The maximum absolute atomic E-state index is 12.5. The van der Waals surface area contributed by atoms with Crippen LogP contribution in [0, 0.1) is 5.95 Å². The molecule has 0 saturated heterocycles. The first-order valence-electron chi connectivity index (χ1n) is 4.19. The molecule has 1 rings (SSSR count). The standard InChI is InChI=1S/C9H12FN3/c1-2-3-4-5-11-9-6-8(10)12-7-13-9/h3-4,6-7H,2,5H2,1H3,(H,11,12,13)/b4-3+. The number of allylic oxidation sites excluding steroid dienone is 1. The van der Waals surface area contributed by atoms with Crippen molar-refractivity contribution in [2.45, 2.75) is 13.3 Å². The summed E-state index contributed by atoms with van der Waals surface area (Å²) in [5.41, 5.74) is 0. The molecule has 0 aliphatic carbocycles. The van der Waals surface area contributed by atoms with Crippen LogP contribution in [0.15, 0.2) is 24.5 Å². The highest BCUT2D eigenvalue weighted by molar-refractivity contribution is 5.32. The average Bonchev–Trinajstić information content (AvgIpc) is 2.13. The molecule has 1 aromatic heterocycles. The Hall–Kier alpha value is -1.45. The Bertz CT molecular complexity index is 286. The first-order chi connectivity index (χ1) is 6.33. The average molecular weight is 181 g/mol. The number of hydrogen-bond donors (Lipinski definition) is 1. The summed E-state index contributed by atoms with van der Waals surface area (Å²) in [5.74, 6) is -0.00905. The zero-order chi connectivity index (χ0) is 9.52. The van der Waals surface area contributed by atoms with Crippen LogP contribution in [0.2, 0.25) is 0 Å². The van der Waals surface area contributed by atoms with Crippen LogP contribution in [0.5, 0.6) is 0 Å². The second kappa shape index (κ2) is 5.24. The van der Waals surface area contributed by atoms with E-state index in [4.69, 9.17) is 0 Å². The lowest BCUT2D eigenvalue weighted by molar-refractivity contribution is 0.580. The van der Waals surface area contributed by atoms with Gasteiger partial charge >= 0.3 is 0 Å². The fraction of sp³-hybridized carbons (Fsp3) is 0.333. The summed E-state index contributed by atoms with van der Waals surface area (Å²) in [4.78, 5) is 7.19. The van der Waals surface area contributed by atoms with E-state index < -0.39 is 5.95 Å². The zero-order valence-electron chi connectivity index (χ0n) is 7.50. The fourth-order valence-corrected chi connectivity index (χ4v) is 0.844. The highest BCUT2D eigenvalue weighted by Gasteiger charge is 1.93. The monoisotopic (exact) mass is 181 g/mol. The first kappa shape index (κ1) is 9.64. The Morgan fingerprint density at radius 3 is 3.00 bits per heavy atom. The van der Waals surface area contributed by atoms with Gasteiger partial charge in [-0.3, -0.25) is 0 Å². The van der Waals surface area contributed by atoms with Gasteiger partial charge in [-0.1, -0.05) is 19.1 Å². The smallest absolute Gasteiger partial charge is 0.217 e. The number of aromatic nitrogens is 2. The molecular formula is C9H12FN3. The third kappa shape index (κ3) is 3.64. The maximum atomic E-state index is 12.5. The van der Waals surface area contributed by atoms with Crippen molar-refractivity contribution in [1.29, 1.82) is 0 Å². The predicted molar refractivity (Wildman–Crippen MR) is 49.9 cm³/mol. The van der Waals surface area contributed by atoms with E-state index >= 15 is 0 Å².